The van der Waals surface area contributed by atoms with Crippen LogP contribution in [-0.4, -0.2) is 13.0 Å². The maximum atomic E-state index is 14.3. The van der Waals surface area contributed by atoms with E-state index in [4.69, 9.17) is 4.74 Å². The molecule has 0 fully saturated rings. The molecule has 4 rings (SSSR count). The Hall–Kier alpha value is -2.73. The van der Waals surface area contributed by atoms with Crippen LogP contribution >= 0.6 is 11.3 Å². The van der Waals surface area contributed by atoms with Crippen molar-refractivity contribution in [2.24, 2.45) is 0 Å². The molecule has 132 valence electrons. The van der Waals surface area contributed by atoms with Gasteiger partial charge in [-0.25, -0.2) is 8.78 Å². The lowest BCUT2D eigenvalue weighted by Crippen LogP contribution is -2.23. The highest BCUT2D eigenvalue weighted by molar-refractivity contribution is 7.11. The lowest BCUT2D eigenvalue weighted by atomic mass is 9.88. The third-order valence-electron chi connectivity index (χ3n) is 4.52. The lowest BCUT2D eigenvalue weighted by molar-refractivity contribution is -0.116. The second-order valence-electron chi connectivity index (χ2n) is 6.09. The Kier molecular flexibility index (Phi) is 4.20. The van der Waals surface area contributed by atoms with E-state index in [-0.39, 0.29) is 17.9 Å². The Labute approximate surface area is 153 Å². The molecule has 0 unspecified atom stereocenters. The van der Waals surface area contributed by atoms with Crippen LogP contribution in [0.15, 0.2) is 47.8 Å². The Morgan fingerprint density at radius 3 is 2.65 bits per heavy atom. The first kappa shape index (κ1) is 16.7. The third kappa shape index (κ3) is 2.86. The van der Waals surface area contributed by atoms with Gasteiger partial charge >= 0.3 is 0 Å². The molecule has 0 bridgehead atoms. The van der Waals surface area contributed by atoms with Crippen LogP contribution in [-0.2, 0) is 4.79 Å². The molecule has 0 radical (unpaired) electrons. The number of nitrogens with one attached hydrogen (secondary N) is 1. The summed E-state index contributed by atoms with van der Waals surface area (Å²) in [6, 6.07) is 10.9. The molecule has 1 N–H and O–H groups in total. The number of amides is 1. The highest BCUT2D eigenvalue weighted by Gasteiger charge is 2.32. The summed E-state index contributed by atoms with van der Waals surface area (Å²) in [4.78, 5) is 13.1. The number of hydrogen-bond acceptors (Lipinski definition) is 3. The van der Waals surface area contributed by atoms with Gasteiger partial charge in [0.25, 0.3) is 0 Å². The number of halogens is 2. The first-order valence-corrected chi connectivity index (χ1v) is 8.95. The molecule has 26 heavy (non-hydrogen) atoms. The van der Waals surface area contributed by atoms with Gasteiger partial charge in [-0.2, -0.15) is 0 Å². The fraction of sp³-hybridized carbons (Fsp3) is 0.150. The SMILES string of the molecule is COc1ccc(-c2csc3c2NC(=O)C[C@H]3c2cc(F)ccc2F)cc1. The molecule has 1 aliphatic heterocycles. The van der Waals surface area contributed by atoms with Crippen LogP contribution in [0.2, 0.25) is 0 Å². The molecule has 2 heterocycles. The van der Waals surface area contributed by atoms with Gasteiger partial charge in [0.1, 0.15) is 17.4 Å². The highest BCUT2D eigenvalue weighted by atomic mass is 32.1. The van der Waals surface area contributed by atoms with E-state index in [1.165, 1.54) is 17.4 Å². The lowest BCUT2D eigenvalue weighted by Gasteiger charge is -2.24. The standard InChI is InChI=1S/C20H15F2NO2S/c1-25-13-5-2-11(3-6-13)16-10-26-20-15(9-18(24)23-19(16)20)14-8-12(21)4-7-17(14)22/h2-8,10,15H,9H2,1H3,(H,23,24)/t15-/m0/s1. The van der Waals surface area contributed by atoms with Crippen molar-refractivity contribution in [2.45, 2.75) is 12.3 Å². The molecule has 3 aromatic rings. The van der Waals surface area contributed by atoms with Gasteiger partial charge in [0.05, 0.1) is 12.8 Å². The zero-order chi connectivity index (χ0) is 18.3. The Morgan fingerprint density at radius 2 is 1.92 bits per heavy atom. The Balaban J connectivity index is 1.81. The summed E-state index contributed by atoms with van der Waals surface area (Å²) in [6.45, 7) is 0. The molecule has 0 aliphatic carbocycles. The number of fused-ring (bicyclic) bond motifs is 1. The Morgan fingerprint density at radius 1 is 1.15 bits per heavy atom. The molecule has 0 spiro atoms. The Bertz CT molecular complexity index is 982. The topological polar surface area (TPSA) is 38.3 Å². The third-order valence-corrected chi connectivity index (χ3v) is 5.62. The van der Waals surface area contributed by atoms with E-state index >= 15 is 0 Å². The normalized spacial score (nSPS) is 16.1. The summed E-state index contributed by atoms with van der Waals surface area (Å²) in [5, 5.41) is 4.83. The largest absolute Gasteiger partial charge is 0.497 e. The van der Waals surface area contributed by atoms with Crippen molar-refractivity contribution in [1.82, 2.24) is 0 Å². The first-order valence-electron chi connectivity index (χ1n) is 8.07. The molecular formula is C20H15F2NO2S. The van der Waals surface area contributed by atoms with Gasteiger partial charge in [-0.15, -0.1) is 11.3 Å². The average molecular weight is 371 g/mol. The summed E-state index contributed by atoms with van der Waals surface area (Å²) in [5.74, 6) is -0.982. The van der Waals surface area contributed by atoms with Gasteiger partial charge in [0, 0.05) is 28.2 Å². The molecule has 1 amide bonds. The minimum Gasteiger partial charge on any atom is -0.497 e. The number of benzene rings is 2. The zero-order valence-electron chi connectivity index (χ0n) is 13.9. The molecule has 1 atom stereocenters. The van der Waals surface area contributed by atoms with E-state index in [1.807, 2.05) is 29.6 Å². The van der Waals surface area contributed by atoms with E-state index in [2.05, 4.69) is 5.32 Å². The summed E-state index contributed by atoms with van der Waals surface area (Å²) < 4.78 is 33.1. The molecular weight excluding hydrogens is 356 g/mol. The van der Waals surface area contributed by atoms with E-state index in [0.29, 0.717) is 5.69 Å². The number of rotatable bonds is 3. The van der Waals surface area contributed by atoms with Gasteiger partial charge in [0.2, 0.25) is 5.91 Å². The molecule has 6 heteroatoms. The van der Waals surface area contributed by atoms with Gasteiger partial charge in [-0.05, 0) is 41.5 Å². The van der Waals surface area contributed by atoms with Gasteiger partial charge in [-0.1, -0.05) is 12.1 Å². The van der Waals surface area contributed by atoms with Crippen molar-refractivity contribution < 1.29 is 18.3 Å². The number of thiophene rings is 1. The smallest absolute Gasteiger partial charge is 0.225 e. The predicted molar refractivity (Wildman–Crippen MR) is 97.8 cm³/mol. The number of methoxy groups -OCH3 is 1. The fourth-order valence-corrected chi connectivity index (χ4v) is 4.39. The second kappa shape index (κ2) is 6.53. The van der Waals surface area contributed by atoms with Crippen molar-refractivity contribution in [3.05, 3.63) is 69.9 Å². The van der Waals surface area contributed by atoms with Crippen molar-refractivity contribution in [1.29, 1.82) is 0 Å². The number of carbonyl (C=O) groups excluding carboxylic acids is 1. The molecule has 3 nitrogen and oxygen atoms in total. The van der Waals surface area contributed by atoms with Crippen molar-refractivity contribution in [3.63, 3.8) is 0 Å². The minimum atomic E-state index is -0.513. The van der Waals surface area contributed by atoms with Crippen LogP contribution in [0, 0.1) is 11.6 Å². The van der Waals surface area contributed by atoms with Crippen LogP contribution in [0.3, 0.4) is 0 Å². The van der Waals surface area contributed by atoms with Crippen LogP contribution < -0.4 is 10.1 Å². The maximum absolute atomic E-state index is 14.3. The monoisotopic (exact) mass is 371 g/mol. The summed E-state index contributed by atoms with van der Waals surface area (Å²) >= 11 is 1.44. The summed E-state index contributed by atoms with van der Waals surface area (Å²) in [6.07, 6.45) is 0.0932. The highest BCUT2D eigenvalue weighted by Crippen LogP contribution is 2.47. The van der Waals surface area contributed by atoms with Crippen LogP contribution in [0.25, 0.3) is 11.1 Å². The van der Waals surface area contributed by atoms with Crippen molar-refractivity contribution >= 4 is 22.9 Å². The number of hydrogen-bond donors (Lipinski definition) is 1. The molecule has 0 saturated carbocycles. The van der Waals surface area contributed by atoms with Gasteiger partial charge < -0.3 is 10.1 Å². The van der Waals surface area contributed by atoms with Crippen molar-refractivity contribution in [3.8, 4) is 16.9 Å². The molecule has 2 aromatic carbocycles. The van der Waals surface area contributed by atoms with Crippen molar-refractivity contribution in [2.75, 3.05) is 12.4 Å². The van der Waals surface area contributed by atoms with E-state index in [9.17, 15) is 13.6 Å². The van der Waals surface area contributed by atoms with Crippen LogP contribution in [0.1, 0.15) is 22.8 Å². The quantitative estimate of drug-likeness (QED) is 0.689. The van der Waals surface area contributed by atoms with E-state index in [1.54, 1.807) is 7.11 Å². The predicted octanol–water partition coefficient (Wildman–Crippen LogP) is 5.18. The van der Waals surface area contributed by atoms with Gasteiger partial charge in [0.15, 0.2) is 0 Å². The average Bonchev–Trinajstić information content (AvgIpc) is 3.07. The van der Waals surface area contributed by atoms with E-state index in [0.717, 1.165) is 33.9 Å². The second-order valence-corrected chi connectivity index (χ2v) is 7.00. The number of ether oxygens (including phenoxy) is 1. The summed E-state index contributed by atoms with van der Waals surface area (Å²) in [7, 11) is 1.60. The van der Waals surface area contributed by atoms with E-state index < -0.39 is 17.6 Å². The van der Waals surface area contributed by atoms with Crippen LogP contribution in [0.5, 0.6) is 5.75 Å². The molecule has 0 saturated heterocycles. The number of carbonyl (C=O) groups is 1. The van der Waals surface area contributed by atoms with Crippen LogP contribution in [0.4, 0.5) is 14.5 Å². The molecule has 1 aromatic heterocycles. The maximum Gasteiger partial charge on any atom is 0.225 e. The number of anilines is 1. The summed E-state index contributed by atoms with van der Waals surface area (Å²) in [5.41, 5.74) is 2.67. The fourth-order valence-electron chi connectivity index (χ4n) is 3.24. The van der Waals surface area contributed by atoms with Gasteiger partial charge in [-0.3, -0.25) is 4.79 Å². The minimum absolute atomic E-state index is 0.0932. The molecule has 1 aliphatic rings. The first-order chi connectivity index (χ1) is 12.6. The zero-order valence-corrected chi connectivity index (χ0v) is 14.7.